The number of ether oxygens (including phenoxy) is 4. The van der Waals surface area contributed by atoms with Gasteiger partial charge in [-0.25, -0.2) is 0 Å². The Hall–Kier alpha value is -1.11. The van der Waals surface area contributed by atoms with Gasteiger partial charge in [0, 0.05) is 32.4 Å². The summed E-state index contributed by atoms with van der Waals surface area (Å²) in [5.74, 6) is -0.276. The zero-order valence-electron chi connectivity index (χ0n) is 17.5. The summed E-state index contributed by atoms with van der Waals surface area (Å²) < 4.78 is 22.5. The highest BCUT2D eigenvalue weighted by molar-refractivity contribution is 5.72. The predicted octanol–water partition coefficient (Wildman–Crippen LogP) is 3.59. The standard InChI is InChI=1S/C21H39NO5/c1-5-7-11-19(26-13-8-6-2)20(24-4)14-17(3)22-15-21(23)27-18-10-9-12-25-16-18/h18-20,22H,3,5-16H2,1-2,4H3/t18-,19-,20+/m1/s1. The van der Waals surface area contributed by atoms with Crippen molar-refractivity contribution in [2.24, 2.45) is 0 Å². The summed E-state index contributed by atoms with van der Waals surface area (Å²) in [6.07, 6.45) is 7.62. The molecule has 1 fully saturated rings. The molecule has 0 aromatic heterocycles. The van der Waals surface area contributed by atoms with Gasteiger partial charge in [0.2, 0.25) is 0 Å². The van der Waals surface area contributed by atoms with Crippen LogP contribution in [0.5, 0.6) is 0 Å². The molecule has 0 radical (unpaired) electrons. The van der Waals surface area contributed by atoms with Gasteiger partial charge in [-0.3, -0.25) is 4.79 Å². The zero-order valence-corrected chi connectivity index (χ0v) is 17.5. The number of nitrogens with one attached hydrogen (secondary N) is 1. The highest BCUT2D eigenvalue weighted by atomic mass is 16.6. The van der Waals surface area contributed by atoms with Gasteiger partial charge in [-0.05, 0) is 25.7 Å². The highest BCUT2D eigenvalue weighted by Crippen LogP contribution is 2.18. The van der Waals surface area contributed by atoms with Crippen molar-refractivity contribution in [3.8, 4) is 0 Å². The van der Waals surface area contributed by atoms with Gasteiger partial charge in [-0.1, -0.05) is 39.7 Å². The molecule has 1 rings (SSSR count). The Morgan fingerprint density at radius 3 is 2.67 bits per heavy atom. The summed E-state index contributed by atoms with van der Waals surface area (Å²) in [7, 11) is 1.71. The molecule has 1 heterocycles. The van der Waals surface area contributed by atoms with Crippen LogP contribution in [0.1, 0.15) is 65.2 Å². The van der Waals surface area contributed by atoms with Crippen molar-refractivity contribution in [1.82, 2.24) is 5.32 Å². The van der Waals surface area contributed by atoms with E-state index in [4.69, 9.17) is 18.9 Å². The fourth-order valence-electron chi connectivity index (χ4n) is 3.07. The minimum absolute atomic E-state index is 0.0476. The molecule has 1 aliphatic heterocycles. The predicted molar refractivity (Wildman–Crippen MR) is 107 cm³/mol. The van der Waals surface area contributed by atoms with Gasteiger partial charge in [0.1, 0.15) is 12.6 Å². The van der Waals surface area contributed by atoms with Crippen molar-refractivity contribution in [2.45, 2.75) is 83.5 Å². The normalized spacial score (nSPS) is 19.3. The molecule has 0 unspecified atom stereocenters. The number of esters is 1. The number of methoxy groups -OCH3 is 1. The lowest BCUT2D eigenvalue weighted by Crippen LogP contribution is -2.35. The number of hydrogen-bond acceptors (Lipinski definition) is 6. The summed E-state index contributed by atoms with van der Waals surface area (Å²) in [5.41, 5.74) is 0.763. The minimum atomic E-state index is -0.276. The van der Waals surface area contributed by atoms with Crippen LogP contribution in [-0.2, 0) is 23.7 Å². The van der Waals surface area contributed by atoms with Crippen molar-refractivity contribution < 1.29 is 23.7 Å². The highest BCUT2D eigenvalue weighted by Gasteiger charge is 2.23. The fourth-order valence-corrected chi connectivity index (χ4v) is 3.07. The number of hydrogen-bond donors (Lipinski definition) is 1. The second-order valence-corrected chi connectivity index (χ2v) is 7.17. The molecular weight excluding hydrogens is 346 g/mol. The second-order valence-electron chi connectivity index (χ2n) is 7.17. The first-order chi connectivity index (χ1) is 13.1. The lowest BCUT2D eigenvalue weighted by atomic mass is 10.0. The van der Waals surface area contributed by atoms with E-state index in [1.165, 1.54) is 0 Å². The lowest BCUT2D eigenvalue weighted by molar-refractivity contribution is -0.153. The van der Waals surface area contributed by atoms with Crippen LogP contribution in [0.15, 0.2) is 12.3 Å². The number of carbonyl (C=O) groups excluding carboxylic acids is 1. The summed E-state index contributed by atoms with van der Waals surface area (Å²) in [6.45, 7) is 10.5. The van der Waals surface area contributed by atoms with E-state index in [1.807, 2.05) is 0 Å². The molecule has 0 aliphatic carbocycles. The van der Waals surface area contributed by atoms with Crippen LogP contribution in [0.3, 0.4) is 0 Å². The van der Waals surface area contributed by atoms with Gasteiger partial charge in [0.15, 0.2) is 0 Å². The van der Waals surface area contributed by atoms with Crippen LogP contribution in [0, 0.1) is 0 Å². The van der Waals surface area contributed by atoms with Gasteiger partial charge >= 0.3 is 5.97 Å². The van der Waals surface area contributed by atoms with E-state index in [-0.39, 0.29) is 30.8 Å². The first kappa shape index (κ1) is 23.9. The van der Waals surface area contributed by atoms with Crippen molar-refractivity contribution in [3.05, 3.63) is 12.3 Å². The van der Waals surface area contributed by atoms with Gasteiger partial charge in [0.25, 0.3) is 0 Å². The van der Waals surface area contributed by atoms with Gasteiger partial charge in [-0.15, -0.1) is 0 Å². The molecule has 0 saturated carbocycles. The van der Waals surface area contributed by atoms with Crippen molar-refractivity contribution in [2.75, 3.05) is 33.5 Å². The third-order valence-corrected chi connectivity index (χ3v) is 4.74. The number of unbranched alkanes of at least 4 members (excludes halogenated alkanes) is 2. The van der Waals surface area contributed by atoms with Crippen LogP contribution in [0.2, 0.25) is 0 Å². The SMILES string of the molecule is C=C(C[C@H](OC)[C@@H](CCCC)OCCCC)NCC(=O)O[C@@H]1CCCOC1. The molecule has 27 heavy (non-hydrogen) atoms. The molecule has 1 N–H and O–H groups in total. The third-order valence-electron chi connectivity index (χ3n) is 4.74. The third kappa shape index (κ3) is 10.7. The van der Waals surface area contributed by atoms with E-state index in [2.05, 4.69) is 25.7 Å². The Morgan fingerprint density at radius 1 is 1.26 bits per heavy atom. The summed E-state index contributed by atoms with van der Waals surface area (Å²) in [6, 6.07) is 0. The number of rotatable bonds is 15. The smallest absolute Gasteiger partial charge is 0.325 e. The molecule has 0 bridgehead atoms. The Labute approximate surface area is 165 Å². The topological polar surface area (TPSA) is 66.0 Å². The van der Waals surface area contributed by atoms with Crippen LogP contribution in [-0.4, -0.2) is 57.8 Å². The van der Waals surface area contributed by atoms with E-state index in [0.717, 1.165) is 63.9 Å². The van der Waals surface area contributed by atoms with Gasteiger partial charge < -0.3 is 24.3 Å². The first-order valence-electron chi connectivity index (χ1n) is 10.4. The van der Waals surface area contributed by atoms with E-state index in [9.17, 15) is 4.79 Å². The average molecular weight is 386 g/mol. The van der Waals surface area contributed by atoms with Crippen molar-refractivity contribution in [3.63, 3.8) is 0 Å². The molecule has 1 aliphatic rings. The van der Waals surface area contributed by atoms with Crippen LogP contribution in [0.4, 0.5) is 0 Å². The Bertz CT molecular complexity index is 409. The number of carbonyl (C=O) groups is 1. The van der Waals surface area contributed by atoms with Crippen LogP contribution >= 0.6 is 0 Å². The summed E-state index contributed by atoms with van der Waals surface area (Å²) in [4.78, 5) is 12.0. The van der Waals surface area contributed by atoms with Crippen LogP contribution in [0.25, 0.3) is 0 Å². The van der Waals surface area contributed by atoms with E-state index in [1.54, 1.807) is 7.11 Å². The second kappa shape index (κ2) is 14.9. The largest absolute Gasteiger partial charge is 0.459 e. The maximum absolute atomic E-state index is 12.0. The quantitative estimate of drug-likeness (QED) is 0.343. The van der Waals surface area contributed by atoms with E-state index < -0.39 is 0 Å². The molecule has 0 amide bonds. The maximum atomic E-state index is 12.0. The summed E-state index contributed by atoms with van der Waals surface area (Å²) in [5, 5.41) is 3.07. The molecule has 3 atom stereocenters. The van der Waals surface area contributed by atoms with E-state index in [0.29, 0.717) is 13.0 Å². The first-order valence-corrected chi connectivity index (χ1v) is 10.4. The molecular formula is C21H39NO5. The Morgan fingerprint density at radius 2 is 2.04 bits per heavy atom. The lowest BCUT2D eigenvalue weighted by Gasteiger charge is -2.27. The molecule has 0 spiro atoms. The summed E-state index contributed by atoms with van der Waals surface area (Å²) >= 11 is 0. The Balaban J connectivity index is 2.38. The molecule has 1 saturated heterocycles. The van der Waals surface area contributed by atoms with Crippen molar-refractivity contribution >= 4 is 5.97 Å². The van der Waals surface area contributed by atoms with Gasteiger partial charge in [0.05, 0.1) is 18.8 Å². The zero-order chi connectivity index (χ0) is 19.9. The average Bonchev–Trinajstić information content (AvgIpc) is 2.68. The van der Waals surface area contributed by atoms with E-state index >= 15 is 0 Å². The monoisotopic (exact) mass is 385 g/mol. The maximum Gasteiger partial charge on any atom is 0.325 e. The molecule has 6 nitrogen and oxygen atoms in total. The molecule has 158 valence electrons. The molecule has 6 heteroatoms. The molecule has 0 aromatic carbocycles. The van der Waals surface area contributed by atoms with Crippen molar-refractivity contribution in [1.29, 1.82) is 0 Å². The fraction of sp³-hybridized carbons (Fsp3) is 0.857. The molecule has 0 aromatic rings. The minimum Gasteiger partial charge on any atom is -0.459 e. The van der Waals surface area contributed by atoms with Crippen LogP contribution < -0.4 is 5.32 Å². The van der Waals surface area contributed by atoms with Gasteiger partial charge in [-0.2, -0.15) is 0 Å². The Kier molecular flexibility index (Phi) is 13.2.